The van der Waals surface area contributed by atoms with Crippen LogP contribution in [-0.4, -0.2) is 55.5 Å². The highest BCUT2D eigenvalue weighted by Crippen LogP contribution is 2.29. The van der Waals surface area contributed by atoms with Crippen molar-refractivity contribution in [3.63, 3.8) is 0 Å². The molecule has 2 amide bonds. The summed E-state index contributed by atoms with van der Waals surface area (Å²) in [5.74, 6) is 0.455. The number of anilines is 2. The van der Waals surface area contributed by atoms with E-state index in [1.807, 2.05) is 43.3 Å². The molecule has 30 heavy (non-hydrogen) atoms. The topological polar surface area (TPSA) is 53.1 Å². The van der Waals surface area contributed by atoms with E-state index in [0.717, 1.165) is 44.0 Å². The van der Waals surface area contributed by atoms with Crippen LogP contribution in [0.5, 0.6) is 5.75 Å². The van der Waals surface area contributed by atoms with Crippen molar-refractivity contribution in [2.24, 2.45) is 0 Å². The van der Waals surface area contributed by atoms with Gasteiger partial charge >= 0.3 is 0 Å². The zero-order valence-electron chi connectivity index (χ0n) is 17.1. The monoisotopic (exact) mass is 427 g/mol. The van der Waals surface area contributed by atoms with Crippen LogP contribution in [0.3, 0.4) is 0 Å². The maximum Gasteiger partial charge on any atom is 0.251 e. The lowest BCUT2D eigenvalue weighted by Gasteiger charge is -2.38. The van der Waals surface area contributed by atoms with Crippen molar-refractivity contribution in [1.82, 2.24) is 4.90 Å². The summed E-state index contributed by atoms with van der Waals surface area (Å²) in [7, 11) is 0. The van der Waals surface area contributed by atoms with Crippen LogP contribution in [0.2, 0.25) is 5.02 Å². The summed E-state index contributed by atoms with van der Waals surface area (Å²) in [6.45, 7) is 5.74. The third kappa shape index (κ3) is 4.30. The minimum absolute atomic E-state index is 0.140. The molecule has 0 aliphatic carbocycles. The summed E-state index contributed by atoms with van der Waals surface area (Å²) in [6.07, 6.45) is 1.15. The molecule has 2 fully saturated rings. The number of hydrogen-bond donors (Lipinski definition) is 0. The van der Waals surface area contributed by atoms with Crippen molar-refractivity contribution in [1.29, 1.82) is 0 Å². The van der Waals surface area contributed by atoms with E-state index in [2.05, 4.69) is 9.80 Å². The van der Waals surface area contributed by atoms with Gasteiger partial charge in [-0.1, -0.05) is 24.6 Å². The van der Waals surface area contributed by atoms with Crippen molar-refractivity contribution < 1.29 is 14.3 Å². The molecule has 0 saturated carbocycles. The van der Waals surface area contributed by atoms with Gasteiger partial charge < -0.3 is 9.64 Å². The first kappa shape index (κ1) is 20.7. The minimum Gasteiger partial charge on any atom is -0.494 e. The van der Waals surface area contributed by atoms with Gasteiger partial charge in [-0.2, -0.15) is 0 Å². The Labute approximate surface area is 182 Å². The van der Waals surface area contributed by atoms with Crippen molar-refractivity contribution in [2.75, 3.05) is 42.6 Å². The van der Waals surface area contributed by atoms with Gasteiger partial charge in [-0.3, -0.25) is 14.5 Å². The average molecular weight is 428 g/mol. The lowest BCUT2D eigenvalue weighted by atomic mass is 10.1. The number of piperazine rings is 1. The molecule has 2 saturated heterocycles. The Kier molecular flexibility index (Phi) is 6.25. The van der Waals surface area contributed by atoms with Gasteiger partial charge in [0.05, 0.1) is 24.8 Å². The third-order valence-electron chi connectivity index (χ3n) is 5.62. The molecule has 0 spiro atoms. The lowest BCUT2D eigenvalue weighted by Crippen LogP contribution is -2.52. The number of ether oxygens (including phenoxy) is 1. The molecule has 0 aromatic heterocycles. The molecule has 0 radical (unpaired) electrons. The molecule has 0 unspecified atom stereocenters. The van der Waals surface area contributed by atoms with Crippen LogP contribution >= 0.6 is 11.6 Å². The Balaban J connectivity index is 1.39. The van der Waals surface area contributed by atoms with Gasteiger partial charge in [-0.25, -0.2) is 4.90 Å². The van der Waals surface area contributed by atoms with E-state index in [9.17, 15) is 9.59 Å². The quantitative estimate of drug-likeness (QED) is 0.659. The van der Waals surface area contributed by atoms with E-state index in [-0.39, 0.29) is 18.2 Å². The molecule has 2 aliphatic rings. The van der Waals surface area contributed by atoms with Gasteiger partial charge in [0.15, 0.2) is 0 Å². The Morgan fingerprint density at radius 2 is 1.73 bits per heavy atom. The van der Waals surface area contributed by atoms with Crippen molar-refractivity contribution in [3.8, 4) is 5.75 Å². The fourth-order valence-electron chi connectivity index (χ4n) is 4.05. The average Bonchev–Trinajstić information content (AvgIpc) is 3.07. The fourth-order valence-corrected chi connectivity index (χ4v) is 4.23. The van der Waals surface area contributed by atoms with Crippen molar-refractivity contribution in [3.05, 3.63) is 53.6 Å². The smallest absolute Gasteiger partial charge is 0.251 e. The van der Waals surface area contributed by atoms with Gasteiger partial charge in [0.1, 0.15) is 5.75 Å². The fraction of sp³-hybridized carbons (Fsp3) is 0.391. The number of imide groups is 1. The Bertz CT molecular complexity index is 910. The Morgan fingerprint density at radius 3 is 2.40 bits per heavy atom. The van der Waals surface area contributed by atoms with Crippen LogP contribution in [-0.2, 0) is 9.59 Å². The Hall–Kier alpha value is -2.57. The lowest BCUT2D eigenvalue weighted by molar-refractivity contribution is -0.123. The van der Waals surface area contributed by atoms with Crippen LogP contribution in [0.15, 0.2) is 48.5 Å². The van der Waals surface area contributed by atoms with Crippen molar-refractivity contribution >= 4 is 34.8 Å². The predicted molar refractivity (Wildman–Crippen MR) is 118 cm³/mol. The SMILES string of the molecule is CCCOc1ccc(N2C(=O)C[C@@H](N3CCN(c4cccc(Cl)c4)CC3)C2=O)cc1. The maximum atomic E-state index is 13.1. The largest absolute Gasteiger partial charge is 0.494 e. The maximum absolute atomic E-state index is 13.1. The first-order chi connectivity index (χ1) is 14.6. The highest BCUT2D eigenvalue weighted by atomic mass is 35.5. The number of carbonyl (C=O) groups excluding carboxylic acids is 2. The zero-order chi connectivity index (χ0) is 21.1. The van der Waals surface area contributed by atoms with E-state index in [0.29, 0.717) is 17.3 Å². The van der Waals surface area contributed by atoms with Crippen molar-refractivity contribution in [2.45, 2.75) is 25.8 Å². The first-order valence-electron chi connectivity index (χ1n) is 10.4. The summed E-state index contributed by atoms with van der Waals surface area (Å²) in [6, 6.07) is 14.6. The first-order valence-corrected chi connectivity index (χ1v) is 10.8. The van der Waals surface area contributed by atoms with Gasteiger partial charge in [0.2, 0.25) is 5.91 Å². The molecule has 1 atom stereocenters. The second-order valence-electron chi connectivity index (χ2n) is 7.63. The summed E-state index contributed by atoms with van der Waals surface area (Å²) < 4.78 is 5.59. The van der Waals surface area contributed by atoms with Crippen LogP contribution in [0.25, 0.3) is 0 Å². The third-order valence-corrected chi connectivity index (χ3v) is 5.85. The molecular weight excluding hydrogens is 402 g/mol. The summed E-state index contributed by atoms with van der Waals surface area (Å²) in [5.41, 5.74) is 1.69. The molecular formula is C23H26ClN3O3. The highest BCUT2D eigenvalue weighted by Gasteiger charge is 2.43. The Morgan fingerprint density at radius 1 is 1.00 bits per heavy atom. The van der Waals surface area contributed by atoms with Gasteiger partial charge in [-0.15, -0.1) is 0 Å². The normalized spacial score (nSPS) is 20.1. The second-order valence-corrected chi connectivity index (χ2v) is 8.07. The van der Waals surface area contributed by atoms with Crippen LogP contribution in [0.4, 0.5) is 11.4 Å². The number of benzene rings is 2. The molecule has 158 valence electrons. The van der Waals surface area contributed by atoms with E-state index in [1.165, 1.54) is 4.90 Å². The molecule has 2 aliphatic heterocycles. The second kappa shape index (κ2) is 9.06. The van der Waals surface area contributed by atoms with Gasteiger partial charge in [0.25, 0.3) is 5.91 Å². The van der Waals surface area contributed by atoms with E-state index < -0.39 is 6.04 Å². The minimum atomic E-state index is -0.393. The molecule has 0 bridgehead atoms. The standard InChI is InChI=1S/C23H26ClN3O3/c1-2-14-30-20-8-6-18(7-9-20)27-22(28)16-21(23(27)29)26-12-10-25(11-13-26)19-5-3-4-17(24)15-19/h3-9,15,21H,2,10-14,16H2,1H3/t21-/m1/s1. The number of hydrogen-bond acceptors (Lipinski definition) is 5. The summed E-state index contributed by atoms with van der Waals surface area (Å²) >= 11 is 6.11. The number of carbonyl (C=O) groups is 2. The van der Waals surface area contributed by atoms with E-state index >= 15 is 0 Å². The van der Waals surface area contributed by atoms with Crippen LogP contribution in [0.1, 0.15) is 19.8 Å². The van der Waals surface area contributed by atoms with Gasteiger partial charge in [-0.05, 0) is 48.9 Å². The van der Waals surface area contributed by atoms with Crippen LogP contribution < -0.4 is 14.5 Å². The highest BCUT2D eigenvalue weighted by molar-refractivity contribution is 6.30. The predicted octanol–water partition coefficient (Wildman–Crippen LogP) is 3.58. The molecule has 4 rings (SSSR count). The summed E-state index contributed by atoms with van der Waals surface area (Å²) in [4.78, 5) is 31.4. The number of nitrogens with zero attached hydrogens (tertiary/aromatic N) is 3. The number of amides is 2. The van der Waals surface area contributed by atoms with E-state index in [1.54, 1.807) is 12.1 Å². The zero-order valence-corrected chi connectivity index (χ0v) is 17.8. The molecule has 6 nitrogen and oxygen atoms in total. The van der Waals surface area contributed by atoms with Crippen LogP contribution in [0, 0.1) is 0 Å². The summed E-state index contributed by atoms with van der Waals surface area (Å²) in [5, 5.41) is 0.716. The molecule has 2 heterocycles. The molecule has 7 heteroatoms. The number of halogens is 1. The van der Waals surface area contributed by atoms with Gasteiger partial charge in [0, 0.05) is 36.9 Å². The van der Waals surface area contributed by atoms with E-state index in [4.69, 9.17) is 16.3 Å². The molecule has 2 aromatic rings. The number of rotatable bonds is 6. The molecule has 2 aromatic carbocycles. The molecule has 0 N–H and O–H groups in total.